The minimum atomic E-state index is -0.394. The SMILES string of the molecule is O=[N+]([O-])c1ccc(-[c-]2cccc2)cc1.[Fe].[cH-]1[cH-][cH-][cH-][cH-]1. The van der Waals surface area contributed by atoms with Crippen molar-refractivity contribution >= 4 is 5.69 Å². The first-order chi connectivity index (χ1) is 9.27. The van der Waals surface area contributed by atoms with Gasteiger partial charge in [0.15, 0.2) is 0 Å². The van der Waals surface area contributed by atoms with Gasteiger partial charge in [-0.3, -0.25) is 10.1 Å². The van der Waals surface area contributed by atoms with Crippen molar-refractivity contribution < 1.29 is 22.0 Å². The van der Waals surface area contributed by atoms with Crippen molar-refractivity contribution in [3.05, 3.63) is 89.0 Å². The summed E-state index contributed by atoms with van der Waals surface area (Å²) >= 11 is 0. The predicted octanol–water partition coefficient (Wildman–Crippen LogP) is 4.38. The number of nitrogens with zero attached hydrogens (tertiary/aromatic N) is 1. The summed E-state index contributed by atoms with van der Waals surface area (Å²) in [6, 6.07) is 24.4. The van der Waals surface area contributed by atoms with Gasteiger partial charge in [-0.1, -0.05) is 5.56 Å². The third-order valence-corrected chi connectivity index (χ3v) is 2.63. The van der Waals surface area contributed by atoms with E-state index in [0.717, 1.165) is 11.1 Å². The standard InChI is InChI=1S/C11H8NO2.C5H5.Fe/c13-12(14)11-7-5-10(6-8-11)9-3-1-2-4-9;1-2-4-5-3-1;/h1-8H;1-5H;/q-1;-5;. The first kappa shape index (κ1) is 15.9. The molecule has 4 heteroatoms. The molecule has 0 saturated heterocycles. The van der Waals surface area contributed by atoms with Crippen LogP contribution in [0.15, 0.2) is 78.9 Å². The van der Waals surface area contributed by atoms with Gasteiger partial charge in [-0.15, -0.1) is 29.8 Å². The van der Waals surface area contributed by atoms with Crippen LogP contribution in [0.5, 0.6) is 0 Å². The number of non-ortho nitro benzene ring substituents is 1. The Balaban J connectivity index is 0.000000283. The summed E-state index contributed by atoms with van der Waals surface area (Å²) in [6.45, 7) is 0. The normalized spacial score (nSPS) is 9.00. The molecule has 0 unspecified atom stereocenters. The molecule has 0 amide bonds. The molecule has 0 atom stereocenters. The zero-order valence-electron chi connectivity index (χ0n) is 10.6. The minimum Gasteiger partial charge on any atom is -0.748 e. The van der Waals surface area contributed by atoms with E-state index >= 15 is 0 Å². The van der Waals surface area contributed by atoms with Crippen LogP contribution in [-0.2, 0) is 17.1 Å². The fraction of sp³-hybridized carbons (Fsp3) is 0. The molecule has 3 rings (SSSR count). The topological polar surface area (TPSA) is 43.1 Å². The number of benzene rings is 1. The van der Waals surface area contributed by atoms with E-state index in [2.05, 4.69) is 0 Å². The van der Waals surface area contributed by atoms with Crippen molar-refractivity contribution in [1.29, 1.82) is 0 Å². The molecule has 0 bridgehead atoms. The number of rotatable bonds is 2. The van der Waals surface area contributed by atoms with Crippen molar-refractivity contribution in [2.75, 3.05) is 0 Å². The fourth-order valence-corrected chi connectivity index (χ4v) is 1.66. The van der Waals surface area contributed by atoms with Gasteiger partial charge < -0.3 is 30.3 Å². The summed E-state index contributed by atoms with van der Waals surface area (Å²) in [5, 5.41) is 10.4. The molecule has 0 radical (unpaired) electrons. The van der Waals surface area contributed by atoms with Crippen molar-refractivity contribution in [1.82, 2.24) is 0 Å². The van der Waals surface area contributed by atoms with Crippen LogP contribution in [0.25, 0.3) is 11.1 Å². The monoisotopic (exact) mass is 307 g/mol. The first-order valence-corrected chi connectivity index (χ1v) is 5.90. The van der Waals surface area contributed by atoms with Gasteiger partial charge in [0.25, 0.3) is 5.69 Å². The van der Waals surface area contributed by atoms with E-state index in [1.165, 1.54) is 12.1 Å². The Morgan fingerprint density at radius 1 is 0.900 bits per heavy atom. The van der Waals surface area contributed by atoms with Crippen LogP contribution in [-0.4, -0.2) is 4.92 Å². The van der Waals surface area contributed by atoms with E-state index in [1.807, 2.05) is 54.6 Å². The molecule has 0 aliphatic carbocycles. The van der Waals surface area contributed by atoms with E-state index < -0.39 is 4.92 Å². The molecule has 0 aliphatic heterocycles. The third kappa shape index (κ3) is 4.50. The van der Waals surface area contributed by atoms with E-state index in [9.17, 15) is 10.1 Å². The quantitative estimate of drug-likeness (QED) is 0.305. The smallest absolute Gasteiger partial charge is 0.254 e. The molecule has 3 aromatic carbocycles. The average molecular weight is 307 g/mol. The van der Waals surface area contributed by atoms with Crippen molar-refractivity contribution in [2.45, 2.75) is 0 Å². The first-order valence-electron chi connectivity index (χ1n) is 5.90. The number of hydrogen-bond acceptors (Lipinski definition) is 2. The van der Waals surface area contributed by atoms with Gasteiger partial charge in [0.2, 0.25) is 0 Å². The van der Waals surface area contributed by atoms with E-state index in [-0.39, 0.29) is 22.8 Å². The molecule has 3 aromatic rings. The number of nitro benzene ring substituents is 1. The van der Waals surface area contributed by atoms with Crippen molar-refractivity contribution in [2.24, 2.45) is 0 Å². The second-order valence-corrected chi connectivity index (χ2v) is 3.94. The molecular weight excluding hydrogens is 294 g/mol. The maximum Gasteiger partial charge on any atom is 0.254 e. The summed E-state index contributed by atoms with van der Waals surface area (Å²) in [5.74, 6) is 0. The molecular formula is C16H13FeNO2-6. The Kier molecular flexibility index (Phi) is 6.44. The van der Waals surface area contributed by atoms with Crippen LogP contribution in [0.3, 0.4) is 0 Å². The summed E-state index contributed by atoms with van der Waals surface area (Å²) in [6.07, 6.45) is 0. The molecule has 0 aliphatic rings. The fourth-order valence-electron chi connectivity index (χ4n) is 1.66. The second-order valence-electron chi connectivity index (χ2n) is 3.94. The molecule has 0 spiro atoms. The Morgan fingerprint density at radius 2 is 1.35 bits per heavy atom. The molecule has 0 aromatic heterocycles. The maximum absolute atomic E-state index is 10.4. The molecule has 0 fully saturated rings. The van der Waals surface area contributed by atoms with E-state index in [1.54, 1.807) is 12.1 Å². The van der Waals surface area contributed by atoms with Crippen LogP contribution in [0.1, 0.15) is 0 Å². The zero-order valence-corrected chi connectivity index (χ0v) is 11.7. The second kappa shape index (κ2) is 8.10. The predicted molar refractivity (Wildman–Crippen MR) is 76.2 cm³/mol. The number of nitro groups is 1. The van der Waals surface area contributed by atoms with Gasteiger partial charge in [-0.05, 0) is 12.1 Å². The van der Waals surface area contributed by atoms with Crippen molar-refractivity contribution in [3.8, 4) is 11.1 Å². The van der Waals surface area contributed by atoms with Gasteiger partial charge in [0.1, 0.15) is 0 Å². The van der Waals surface area contributed by atoms with Crippen LogP contribution >= 0.6 is 0 Å². The Labute approximate surface area is 128 Å². The summed E-state index contributed by atoms with van der Waals surface area (Å²) in [7, 11) is 0. The van der Waals surface area contributed by atoms with Gasteiger partial charge in [-0.25, -0.2) is 0 Å². The van der Waals surface area contributed by atoms with Crippen LogP contribution in [0, 0.1) is 10.1 Å². The molecule has 0 heterocycles. The Hall–Kier alpha value is -2.16. The van der Waals surface area contributed by atoms with Crippen LogP contribution in [0.4, 0.5) is 5.69 Å². The third-order valence-electron chi connectivity index (χ3n) is 2.63. The molecule has 20 heavy (non-hydrogen) atoms. The molecule has 108 valence electrons. The minimum absolute atomic E-state index is 0. The summed E-state index contributed by atoms with van der Waals surface area (Å²) < 4.78 is 0. The van der Waals surface area contributed by atoms with Gasteiger partial charge in [0.05, 0.1) is 4.92 Å². The van der Waals surface area contributed by atoms with Gasteiger partial charge in [-0.2, -0.15) is 12.1 Å². The molecule has 3 nitrogen and oxygen atoms in total. The summed E-state index contributed by atoms with van der Waals surface area (Å²) in [5.41, 5.74) is 2.21. The maximum atomic E-state index is 10.4. The Morgan fingerprint density at radius 3 is 1.75 bits per heavy atom. The van der Waals surface area contributed by atoms with Crippen molar-refractivity contribution in [3.63, 3.8) is 0 Å². The van der Waals surface area contributed by atoms with Gasteiger partial charge in [0, 0.05) is 17.1 Å². The summed E-state index contributed by atoms with van der Waals surface area (Å²) in [4.78, 5) is 10.0. The zero-order chi connectivity index (χ0) is 13.5. The number of hydrogen-bond donors (Lipinski definition) is 0. The molecule has 0 saturated carbocycles. The average Bonchev–Trinajstić information content (AvgIpc) is 3.15. The van der Waals surface area contributed by atoms with E-state index in [0.29, 0.717) is 0 Å². The molecule has 0 N–H and O–H groups in total. The van der Waals surface area contributed by atoms with E-state index in [4.69, 9.17) is 0 Å². The Bertz CT molecular complexity index is 581. The van der Waals surface area contributed by atoms with Gasteiger partial charge >= 0.3 is 0 Å². The van der Waals surface area contributed by atoms with Crippen LogP contribution < -0.4 is 0 Å². The largest absolute Gasteiger partial charge is 0.748 e. The van der Waals surface area contributed by atoms with Crippen LogP contribution in [0.2, 0.25) is 0 Å².